The standard InChI is InChI=1S/C18H28N2O2/c1-3-22-13(2)17(21)20(6-4-5-19)18-10-14-7-15(11-18)9-16(8-14)12-18/h13-16H,3-4,6-12H2,1-2H3/t13-,14?,15?,16?,18?/m1/s1. The fraction of sp³-hybridized carbons (Fsp3) is 0.889. The Morgan fingerprint density at radius 3 is 2.27 bits per heavy atom. The molecular formula is C18H28N2O2. The van der Waals surface area contributed by atoms with Crippen LogP contribution in [-0.4, -0.2) is 35.6 Å². The molecule has 4 saturated carbocycles. The van der Waals surface area contributed by atoms with Gasteiger partial charge in [0, 0.05) is 18.7 Å². The van der Waals surface area contributed by atoms with Gasteiger partial charge < -0.3 is 9.64 Å². The van der Waals surface area contributed by atoms with Gasteiger partial charge in [-0.1, -0.05) is 0 Å². The van der Waals surface area contributed by atoms with Crippen molar-refractivity contribution in [3.05, 3.63) is 0 Å². The summed E-state index contributed by atoms with van der Waals surface area (Å²) in [7, 11) is 0. The Balaban J connectivity index is 1.82. The molecule has 0 spiro atoms. The first-order chi connectivity index (χ1) is 10.6. The maximum absolute atomic E-state index is 12.9. The SMILES string of the molecule is CCO[C@H](C)C(=O)N(CCC#N)C12CC3CC(CC(C3)C1)C2. The summed E-state index contributed by atoms with van der Waals surface area (Å²) >= 11 is 0. The predicted molar refractivity (Wildman–Crippen MR) is 83.9 cm³/mol. The number of carbonyl (C=O) groups is 1. The highest BCUT2D eigenvalue weighted by Crippen LogP contribution is 2.57. The van der Waals surface area contributed by atoms with Crippen LogP contribution in [0.2, 0.25) is 0 Å². The molecule has 0 N–H and O–H groups in total. The van der Waals surface area contributed by atoms with Crippen molar-refractivity contribution in [2.75, 3.05) is 13.2 Å². The summed E-state index contributed by atoms with van der Waals surface area (Å²) in [6.07, 6.45) is 7.56. The Morgan fingerprint density at radius 1 is 1.27 bits per heavy atom. The van der Waals surface area contributed by atoms with Crippen molar-refractivity contribution in [1.29, 1.82) is 5.26 Å². The number of amides is 1. The average Bonchev–Trinajstić information content (AvgIpc) is 2.46. The van der Waals surface area contributed by atoms with E-state index >= 15 is 0 Å². The van der Waals surface area contributed by atoms with E-state index in [1.54, 1.807) is 0 Å². The van der Waals surface area contributed by atoms with Gasteiger partial charge in [-0.25, -0.2) is 0 Å². The van der Waals surface area contributed by atoms with Crippen LogP contribution in [0.1, 0.15) is 58.8 Å². The van der Waals surface area contributed by atoms with Crippen molar-refractivity contribution in [2.24, 2.45) is 17.8 Å². The first-order valence-electron chi connectivity index (χ1n) is 8.88. The van der Waals surface area contributed by atoms with E-state index in [0.29, 0.717) is 19.6 Å². The minimum Gasteiger partial charge on any atom is -0.369 e. The quantitative estimate of drug-likeness (QED) is 0.757. The molecule has 0 aromatic heterocycles. The third-order valence-corrected chi connectivity index (χ3v) is 6.06. The summed E-state index contributed by atoms with van der Waals surface area (Å²) in [5.41, 5.74) is 0.0219. The zero-order chi connectivity index (χ0) is 15.7. The molecule has 4 nitrogen and oxygen atoms in total. The van der Waals surface area contributed by atoms with E-state index in [0.717, 1.165) is 37.0 Å². The first-order valence-corrected chi connectivity index (χ1v) is 8.88. The highest BCUT2D eigenvalue weighted by atomic mass is 16.5. The van der Waals surface area contributed by atoms with E-state index in [9.17, 15) is 4.79 Å². The molecule has 0 aromatic carbocycles. The maximum atomic E-state index is 12.9. The summed E-state index contributed by atoms with van der Waals surface area (Å²) in [4.78, 5) is 15.0. The smallest absolute Gasteiger partial charge is 0.251 e. The van der Waals surface area contributed by atoms with E-state index in [2.05, 4.69) is 11.0 Å². The molecule has 0 saturated heterocycles. The molecule has 22 heavy (non-hydrogen) atoms. The van der Waals surface area contributed by atoms with E-state index in [1.807, 2.05) is 13.8 Å². The van der Waals surface area contributed by atoms with Crippen LogP contribution in [0.25, 0.3) is 0 Å². The Kier molecular flexibility index (Phi) is 4.45. The van der Waals surface area contributed by atoms with Crippen LogP contribution in [0.3, 0.4) is 0 Å². The first kappa shape index (κ1) is 15.8. The van der Waals surface area contributed by atoms with Crippen LogP contribution >= 0.6 is 0 Å². The van der Waals surface area contributed by atoms with Crippen molar-refractivity contribution < 1.29 is 9.53 Å². The summed E-state index contributed by atoms with van der Waals surface area (Å²) in [6.45, 7) is 4.90. The van der Waals surface area contributed by atoms with E-state index in [-0.39, 0.29) is 11.4 Å². The van der Waals surface area contributed by atoms with Crippen molar-refractivity contribution in [3.8, 4) is 6.07 Å². The van der Waals surface area contributed by atoms with Crippen LogP contribution in [0.15, 0.2) is 0 Å². The fourth-order valence-electron chi connectivity index (χ4n) is 5.68. The molecule has 0 aromatic rings. The van der Waals surface area contributed by atoms with Crippen LogP contribution in [0.5, 0.6) is 0 Å². The van der Waals surface area contributed by atoms with E-state index < -0.39 is 6.10 Å². The second-order valence-electron chi connectivity index (χ2n) is 7.64. The normalized spacial score (nSPS) is 36.9. The second-order valence-corrected chi connectivity index (χ2v) is 7.64. The number of ether oxygens (including phenoxy) is 1. The van der Waals surface area contributed by atoms with Gasteiger partial charge in [0.2, 0.25) is 0 Å². The minimum atomic E-state index is -0.392. The Hall–Kier alpha value is -1.08. The molecule has 4 fully saturated rings. The zero-order valence-electron chi connectivity index (χ0n) is 13.9. The molecule has 4 heteroatoms. The fourth-order valence-corrected chi connectivity index (χ4v) is 5.68. The van der Waals surface area contributed by atoms with Gasteiger partial charge in [-0.15, -0.1) is 0 Å². The predicted octanol–water partition coefficient (Wildman–Crippen LogP) is 3.12. The molecule has 4 rings (SSSR count). The number of hydrogen-bond acceptors (Lipinski definition) is 3. The molecule has 0 unspecified atom stereocenters. The minimum absolute atomic E-state index is 0.0219. The molecule has 0 aliphatic heterocycles. The summed E-state index contributed by atoms with van der Waals surface area (Å²) in [5.74, 6) is 2.49. The van der Waals surface area contributed by atoms with Crippen molar-refractivity contribution in [3.63, 3.8) is 0 Å². The maximum Gasteiger partial charge on any atom is 0.251 e. The molecule has 1 amide bonds. The molecule has 4 aliphatic rings. The van der Waals surface area contributed by atoms with Gasteiger partial charge in [0.25, 0.3) is 5.91 Å². The van der Waals surface area contributed by atoms with Crippen LogP contribution in [0, 0.1) is 29.1 Å². The lowest BCUT2D eigenvalue weighted by Gasteiger charge is -2.60. The highest BCUT2D eigenvalue weighted by Gasteiger charge is 2.54. The largest absolute Gasteiger partial charge is 0.369 e. The lowest BCUT2D eigenvalue weighted by molar-refractivity contribution is -0.161. The molecular weight excluding hydrogens is 276 g/mol. The molecule has 122 valence electrons. The third-order valence-electron chi connectivity index (χ3n) is 6.06. The highest BCUT2D eigenvalue weighted by molar-refractivity contribution is 5.81. The summed E-state index contributed by atoms with van der Waals surface area (Å²) in [5, 5.41) is 9.00. The number of nitriles is 1. The van der Waals surface area contributed by atoms with Gasteiger partial charge in [0.05, 0.1) is 12.5 Å². The number of nitrogens with zero attached hydrogens (tertiary/aromatic N) is 2. The third kappa shape index (κ3) is 2.76. The molecule has 0 radical (unpaired) electrons. The Morgan fingerprint density at radius 2 is 1.82 bits per heavy atom. The number of rotatable bonds is 6. The van der Waals surface area contributed by atoms with Gasteiger partial charge in [-0.3, -0.25) is 4.79 Å². The number of carbonyl (C=O) groups excluding carboxylic acids is 1. The van der Waals surface area contributed by atoms with Crippen LogP contribution < -0.4 is 0 Å². The van der Waals surface area contributed by atoms with Crippen LogP contribution in [-0.2, 0) is 9.53 Å². The average molecular weight is 304 g/mol. The molecule has 4 aliphatic carbocycles. The summed E-state index contributed by atoms with van der Waals surface area (Å²) in [6, 6.07) is 2.22. The van der Waals surface area contributed by atoms with Crippen LogP contribution in [0.4, 0.5) is 0 Å². The molecule has 0 heterocycles. The monoisotopic (exact) mass is 304 g/mol. The van der Waals surface area contributed by atoms with Crippen molar-refractivity contribution >= 4 is 5.91 Å². The van der Waals surface area contributed by atoms with Gasteiger partial charge in [-0.2, -0.15) is 5.26 Å². The van der Waals surface area contributed by atoms with Gasteiger partial charge in [0.1, 0.15) is 6.10 Å². The lowest BCUT2D eigenvalue weighted by atomic mass is 9.52. The Bertz CT molecular complexity index is 433. The van der Waals surface area contributed by atoms with Crippen molar-refractivity contribution in [1.82, 2.24) is 4.90 Å². The number of hydrogen-bond donors (Lipinski definition) is 0. The molecule has 1 atom stereocenters. The topological polar surface area (TPSA) is 53.3 Å². The van der Waals surface area contributed by atoms with E-state index in [4.69, 9.17) is 10.00 Å². The van der Waals surface area contributed by atoms with Gasteiger partial charge in [-0.05, 0) is 70.1 Å². The van der Waals surface area contributed by atoms with Gasteiger partial charge >= 0.3 is 0 Å². The molecule has 4 bridgehead atoms. The second kappa shape index (κ2) is 6.20. The summed E-state index contributed by atoms with van der Waals surface area (Å²) < 4.78 is 5.55. The van der Waals surface area contributed by atoms with E-state index in [1.165, 1.54) is 19.3 Å². The van der Waals surface area contributed by atoms with Crippen molar-refractivity contribution in [2.45, 2.75) is 70.4 Å². The van der Waals surface area contributed by atoms with Gasteiger partial charge in [0.15, 0.2) is 0 Å². The zero-order valence-corrected chi connectivity index (χ0v) is 13.9. The lowest BCUT2D eigenvalue weighted by Crippen LogP contribution is -2.63. The Labute approximate surface area is 133 Å².